The van der Waals surface area contributed by atoms with Crippen LogP contribution in [0.2, 0.25) is 0 Å². The van der Waals surface area contributed by atoms with Crippen molar-refractivity contribution >= 4 is 0 Å². The molecule has 1 heteroatoms. The number of rotatable bonds is 0. The van der Waals surface area contributed by atoms with E-state index in [0.717, 1.165) is 0 Å². The molecule has 0 bridgehead atoms. The van der Waals surface area contributed by atoms with Gasteiger partial charge in [-0.15, -0.1) is 0 Å². The number of allylic oxidation sites excluding steroid dienone is 4. The summed E-state index contributed by atoms with van der Waals surface area (Å²) in [6, 6.07) is 2.15. The number of nitrogens with zero attached hydrogens (tertiary/aromatic N) is 1. The average Bonchev–Trinajstić information content (AvgIpc) is 1.90. The lowest BCUT2D eigenvalue weighted by atomic mass is 9.99. The fourth-order valence-electron chi connectivity index (χ4n) is 0.804. The van der Waals surface area contributed by atoms with Crippen molar-refractivity contribution < 1.29 is 0 Å². The summed E-state index contributed by atoms with van der Waals surface area (Å²) in [6.45, 7) is 2.10. The summed E-state index contributed by atoms with van der Waals surface area (Å²) >= 11 is 0. The van der Waals surface area contributed by atoms with Crippen molar-refractivity contribution in [1.82, 2.24) is 0 Å². The molecule has 0 N–H and O–H groups in total. The van der Waals surface area contributed by atoms with Gasteiger partial charge in [-0.1, -0.05) is 31.2 Å². The zero-order chi connectivity index (χ0) is 6.69. The minimum Gasteiger partial charge on any atom is -0.197 e. The lowest BCUT2D eigenvalue weighted by Gasteiger charge is -2.05. The zero-order valence-corrected chi connectivity index (χ0v) is 5.41. The fourth-order valence-corrected chi connectivity index (χ4v) is 0.804. The Morgan fingerprint density at radius 3 is 2.22 bits per heavy atom. The maximum atomic E-state index is 8.42. The quantitative estimate of drug-likeness (QED) is 0.447. The van der Waals surface area contributed by atoms with Crippen LogP contribution in [0.3, 0.4) is 0 Å². The van der Waals surface area contributed by atoms with Gasteiger partial charge in [-0.25, -0.2) is 0 Å². The van der Waals surface area contributed by atoms with Crippen molar-refractivity contribution in [3.05, 3.63) is 24.3 Å². The molecule has 0 unspecified atom stereocenters. The van der Waals surface area contributed by atoms with E-state index in [9.17, 15) is 0 Å². The summed E-state index contributed by atoms with van der Waals surface area (Å²) in [5, 5.41) is 8.42. The van der Waals surface area contributed by atoms with E-state index >= 15 is 0 Å². The van der Waals surface area contributed by atoms with Crippen LogP contribution in [0.5, 0.6) is 0 Å². The Bertz CT molecular complexity index is 169. The number of nitriles is 1. The fraction of sp³-hybridized carbons (Fsp3) is 0.375. The molecule has 0 aromatic rings. The normalized spacial score (nSPS) is 32.0. The molecule has 9 heavy (non-hydrogen) atoms. The highest BCUT2D eigenvalue weighted by atomic mass is 14.3. The first-order valence-electron chi connectivity index (χ1n) is 3.09. The largest absolute Gasteiger partial charge is 0.197 e. The van der Waals surface area contributed by atoms with E-state index in [1.54, 1.807) is 0 Å². The third-order valence-electron chi connectivity index (χ3n) is 1.39. The molecule has 0 radical (unpaired) electrons. The lowest BCUT2D eigenvalue weighted by Crippen LogP contribution is -1.95. The van der Waals surface area contributed by atoms with Gasteiger partial charge in [0.05, 0.1) is 12.0 Å². The van der Waals surface area contributed by atoms with Crippen LogP contribution in [0, 0.1) is 23.2 Å². The van der Waals surface area contributed by atoms with E-state index in [-0.39, 0.29) is 5.92 Å². The Morgan fingerprint density at radius 1 is 1.22 bits per heavy atom. The molecule has 0 heterocycles. The predicted molar refractivity (Wildman–Crippen MR) is 36.5 cm³/mol. The van der Waals surface area contributed by atoms with E-state index in [0.29, 0.717) is 5.92 Å². The molecule has 1 aliphatic carbocycles. The minimum atomic E-state index is 0.0150. The smallest absolute Gasteiger partial charge is 0.0824 e. The van der Waals surface area contributed by atoms with Crippen LogP contribution in [0.1, 0.15) is 6.92 Å². The molecule has 0 saturated heterocycles. The van der Waals surface area contributed by atoms with E-state index in [1.165, 1.54) is 0 Å². The molecule has 0 fully saturated rings. The molecule has 46 valence electrons. The Balaban J connectivity index is 2.61. The van der Waals surface area contributed by atoms with Gasteiger partial charge < -0.3 is 0 Å². The first-order chi connectivity index (χ1) is 4.33. The molecule has 0 spiro atoms. The first kappa shape index (κ1) is 6.10. The SMILES string of the molecule is CC1C=CC(C#N)C=C1. The third kappa shape index (κ3) is 1.43. The third-order valence-corrected chi connectivity index (χ3v) is 1.39. The summed E-state index contributed by atoms with van der Waals surface area (Å²) < 4.78 is 0. The van der Waals surface area contributed by atoms with Crippen LogP contribution in [-0.4, -0.2) is 0 Å². The molecule has 0 saturated carbocycles. The van der Waals surface area contributed by atoms with Crippen LogP contribution in [0.15, 0.2) is 24.3 Å². The van der Waals surface area contributed by atoms with Crippen molar-refractivity contribution in [2.45, 2.75) is 6.92 Å². The summed E-state index contributed by atoms with van der Waals surface area (Å²) in [4.78, 5) is 0. The second-order valence-electron chi connectivity index (χ2n) is 2.28. The van der Waals surface area contributed by atoms with Crippen LogP contribution >= 0.6 is 0 Å². The van der Waals surface area contributed by atoms with Crippen molar-refractivity contribution in [3.63, 3.8) is 0 Å². The van der Waals surface area contributed by atoms with Crippen LogP contribution in [0.25, 0.3) is 0 Å². The molecule has 0 aliphatic heterocycles. The molecule has 1 aliphatic rings. The molecular weight excluding hydrogens is 110 g/mol. The Labute approximate surface area is 55.3 Å². The highest BCUT2D eigenvalue weighted by Gasteiger charge is 2.02. The van der Waals surface area contributed by atoms with Gasteiger partial charge in [0.2, 0.25) is 0 Å². The molecule has 0 atom stereocenters. The summed E-state index contributed by atoms with van der Waals surface area (Å²) in [7, 11) is 0. The van der Waals surface area contributed by atoms with Crippen LogP contribution in [-0.2, 0) is 0 Å². The van der Waals surface area contributed by atoms with Gasteiger partial charge in [0, 0.05) is 0 Å². The average molecular weight is 119 g/mol. The van der Waals surface area contributed by atoms with Crippen molar-refractivity contribution in [2.75, 3.05) is 0 Å². The monoisotopic (exact) mass is 119 g/mol. The summed E-state index contributed by atoms with van der Waals surface area (Å²) in [5.41, 5.74) is 0. The van der Waals surface area contributed by atoms with Gasteiger partial charge in [0.15, 0.2) is 0 Å². The van der Waals surface area contributed by atoms with Gasteiger partial charge in [0.1, 0.15) is 0 Å². The number of hydrogen-bond donors (Lipinski definition) is 0. The second-order valence-corrected chi connectivity index (χ2v) is 2.28. The standard InChI is InChI=1S/C8H9N/c1-7-2-4-8(6-9)5-3-7/h2-5,7-8H,1H3. The van der Waals surface area contributed by atoms with E-state index in [4.69, 9.17) is 5.26 Å². The minimum absolute atomic E-state index is 0.0150. The Kier molecular flexibility index (Phi) is 1.69. The molecular formula is C8H9N. The van der Waals surface area contributed by atoms with E-state index in [1.807, 2.05) is 24.3 Å². The van der Waals surface area contributed by atoms with Gasteiger partial charge in [0.25, 0.3) is 0 Å². The summed E-state index contributed by atoms with van der Waals surface area (Å²) in [6.07, 6.45) is 7.97. The van der Waals surface area contributed by atoms with E-state index < -0.39 is 0 Å². The first-order valence-corrected chi connectivity index (χ1v) is 3.09. The molecule has 1 nitrogen and oxygen atoms in total. The highest BCUT2D eigenvalue weighted by molar-refractivity contribution is 5.18. The van der Waals surface area contributed by atoms with Crippen molar-refractivity contribution in [1.29, 1.82) is 5.26 Å². The topological polar surface area (TPSA) is 23.8 Å². The van der Waals surface area contributed by atoms with E-state index in [2.05, 4.69) is 13.0 Å². The van der Waals surface area contributed by atoms with Gasteiger partial charge in [-0.2, -0.15) is 5.26 Å². The lowest BCUT2D eigenvalue weighted by molar-refractivity contribution is 0.874. The number of hydrogen-bond acceptors (Lipinski definition) is 1. The molecule has 0 amide bonds. The van der Waals surface area contributed by atoms with Crippen LogP contribution < -0.4 is 0 Å². The maximum absolute atomic E-state index is 8.42. The van der Waals surface area contributed by atoms with Gasteiger partial charge in [-0.3, -0.25) is 0 Å². The highest BCUT2D eigenvalue weighted by Crippen LogP contribution is 2.12. The van der Waals surface area contributed by atoms with Gasteiger partial charge >= 0.3 is 0 Å². The van der Waals surface area contributed by atoms with Crippen molar-refractivity contribution in [3.8, 4) is 6.07 Å². The van der Waals surface area contributed by atoms with Crippen LogP contribution in [0.4, 0.5) is 0 Å². The molecule has 0 aromatic carbocycles. The van der Waals surface area contributed by atoms with Gasteiger partial charge in [-0.05, 0) is 5.92 Å². The maximum Gasteiger partial charge on any atom is 0.0824 e. The summed E-state index contributed by atoms with van der Waals surface area (Å²) in [5.74, 6) is 0.524. The van der Waals surface area contributed by atoms with Crippen molar-refractivity contribution in [2.24, 2.45) is 11.8 Å². The Hall–Kier alpha value is -1.03. The molecule has 0 aromatic heterocycles. The predicted octanol–water partition coefficient (Wildman–Crippen LogP) is 1.89. The zero-order valence-electron chi connectivity index (χ0n) is 5.41. The second kappa shape index (κ2) is 2.50. The Morgan fingerprint density at radius 2 is 1.78 bits per heavy atom. The molecule has 1 rings (SSSR count).